The van der Waals surface area contributed by atoms with Crippen LogP contribution in [0.2, 0.25) is 0 Å². The van der Waals surface area contributed by atoms with E-state index < -0.39 is 17.1 Å². The molecule has 1 aromatic carbocycles. The summed E-state index contributed by atoms with van der Waals surface area (Å²) in [6.07, 6.45) is 1.94. The van der Waals surface area contributed by atoms with Gasteiger partial charge in [0.05, 0.1) is 0 Å². The van der Waals surface area contributed by atoms with Gasteiger partial charge in [0.2, 0.25) is 5.75 Å². The van der Waals surface area contributed by atoms with Gasteiger partial charge in [0, 0.05) is 18.0 Å². The van der Waals surface area contributed by atoms with Crippen molar-refractivity contribution in [3.63, 3.8) is 0 Å². The fourth-order valence-corrected chi connectivity index (χ4v) is 2.80. The van der Waals surface area contributed by atoms with Crippen LogP contribution in [0.3, 0.4) is 0 Å². The van der Waals surface area contributed by atoms with E-state index in [0.717, 1.165) is 5.56 Å². The summed E-state index contributed by atoms with van der Waals surface area (Å²) in [4.78, 5) is 28.5. The predicted octanol–water partition coefficient (Wildman–Crippen LogP) is 2.42. The number of halogens is 1. The zero-order valence-corrected chi connectivity index (χ0v) is 12.1. The number of ketones is 1. The lowest BCUT2D eigenvalue weighted by Gasteiger charge is -2.04. The van der Waals surface area contributed by atoms with E-state index >= 15 is 0 Å². The normalized spacial score (nSPS) is 11.0. The molecule has 0 spiro atoms. The Morgan fingerprint density at radius 2 is 2.05 bits per heavy atom. The van der Waals surface area contributed by atoms with E-state index in [4.69, 9.17) is 0 Å². The van der Waals surface area contributed by atoms with Crippen LogP contribution < -0.4 is 5.56 Å². The predicted molar refractivity (Wildman–Crippen MR) is 80.1 cm³/mol. The van der Waals surface area contributed by atoms with Crippen molar-refractivity contribution in [2.75, 3.05) is 0 Å². The molecule has 0 atom stereocenters. The monoisotopic (exact) mass is 318 g/mol. The lowest BCUT2D eigenvalue weighted by Crippen LogP contribution is -2.17. The van der Waals surface area contributed by atoms with Gasteiger partial charge in [-0.05, 0) is 24.1 Å². The third-order valence-corrected chi connectivity index (χ3v) is 4.02. The van der Waals surface area contributed by atoms with E-state index in [1.54, 1.807) is 17.5 Å². The number of hydrogen-bond donors (Lipinski definition) is 1. The van der Waals surface area contributed by atoms with Crippen LogP contribution in [-0.2, 0) is 6.42 Å². The van der Waals surface area contributed by atoms with Crippen LogP contribution in [0, 0.1) is 5.82 Å². The first-order valence-corrected chi connectivity index (χ1v) is 7.40. The van der Waals surface area contributed by atoms with Crippen molar-refractivity contribution >= 4 is 22.1 Å². The van der Waals surface area contributed by atoms with E-state index in [1.165, 1.54) is 34.1 Å². The van der Waals surface area contributed by atoms with Gasteiger partial charge in [0.25, 0.3) is 0 Å². The molecule has 0 bridgehead atoms. The highest BCUT2D eigenvalue weighted by atomic mass is 32.1. The van der Waals surface area contributed by atoms with Crippen LogP contribution in [-0.4, -0.2) is 20.3 Å². The van der Waals surface area contributed by atoms with Gasteiger partial charge in [0.1, 0.15) is 5.82 Å². The third kappa shape index (κ3) is 2.62. The standard InChI is InChI=1S/C15H11FN2O3S/c16-10-4-1-9(2-5-10)3-6-11(19)12-13(20)14(21)18-7-8-22-15(18)17-12/h1-2,4-5,7-8,20H,3,6H2. The summed E-state index contributed by atoms with van der Waals surface area (Å²) in [5, 5.41) is 11.5. The summed E-state index contributed by atoms with van der Waals surface area (Å²) < 4.78 is 14.0. The van der Waals surface area contributed by atoms with Crippen LogP contribution in [0.1, 0.15) is 22.5 Å². The molecule has 0 fully saturated rings. The quantitative estimate of drug-likeness (QED) is 0.750. The van der Waals surface area contributed by atoms with Crippen LogP contribution in [0.25, 0.3) is 4.96 Å². The molecule has 0 radical (unpaired) electrons. The molecule has 2 aromatic heterocycles. The number of aromatic nitrogens is 2. The third-order valence-electron chi connectivity index (χ3n) is 3.26. The fourth-order valence-electron chi connectivity index (χ4n) is 2.09. The first-order chi connectivity index (χ1) is 10.6. The molecule has 22 heavy (non-hydrogen) atoms. The highest BCUT2D eigenvalue weighted by Gasteiger charge is 2.18. The maximum Gasteiger partial charge on any atom is 0.301 e. The Kier molecular flexibility index (Phi) is 3.72. The molecular formula is C15H11FN2O3S. The van der Waals surface area contributed by atoms with Crippen molar-refractivity contribution in [2.45, 2.75) is 12.8 Å². The van der Waals surface area contributed by atoms with Gasteiger partial charge in [-0.1, -0.05) is 12.1 Å². The highest BCUT2D eigenvalue weighted by Crippen LogP contribution is 2.17. The summed E-state index contributed by atoms with van der Waals surface area (Å²) >= 11 is 1.20. The van der Waals surface area contributed by atoms with Crippen LogP contribution >= 0.6 is 11.3 Å². The first-order valence-electron chi connectivity index (χ1n) is 6.53. The van der Waals surface area contributed by atoms with Crippen LogP contribution in [0.15, 0.2) is 40.6 Å². The van der Waals surface area contributed by atoms with Gasteiger partial charge >= 0.3 is 5.56 Å². The van der Waals surface area contributed by atoms with Crippen molar-refractivity contribution in [1.82, 2.24) is 9.38 Å². The molecule has 5 nitrogen and oxygen atoms in total. The van der Waals surface area contributed by atoms with Crippen molar-refractivity contribution in [3.05, 3.63) is 63.3 Å². The number of fused-ring (bicyclic) bond motifs is 1. The molecule has 3 rings (SSSR count). The van der Waals surface area contributed by atoms with Crippen LogP contribution in [0.5, 0.6) is 5.75 Å². The van der Waals surface area contributed by atoms with Crippen molar-refractivity contribution in [2.24, 2.45) is 0 Å². The Morgan fingerprint density at radius 3 is 2.77 bits per heavy atom. The summed E-state index contributed by atoms with van der Waals surface area (Å²) in [5.41, 5.74) is -0.0749. The van der Waals surface area contributed by atoms with Crippen LogP contribution in [0.4, 0.5) is 4.39 Å². The molecule has 0 unspecified atom stereocenters. The smallest absolute Gasteiger partial charge is 0.301 e. The zero-order chi connectivity index (χ0) is 15.7. The number of carbonyl (C=O) groups excluding carboxylic acids is 1. The number of nitrogens with zero attached hydrogens (tertiary/aromatic N) is 2. The average molecular weight is 318 g/mol. The number of hydrogen-bond acceptors (Lipinski definition) is 5. The molecule has 0 saturated heterocycles. The van der Waals surface area contributed by atoms with E-state index in [9.17, 15) is 19.1 Å². The van der Waals surface area contributed by atoms with Crippen molar-refractivity contribution < 1.29 is 14.3 Å². The number of Topliss-reactive ketones (excluding diaryl/α,β-unsaturated/α-hetero) is 1. The number of carbonyl (C=O) groups is 1. The molecule has 7 heteroatoms. The highest BCUT2D eigenvalue weighted by molar-refractivity contribution is 7.15. The maximum atomic E-state index is 12.8. The minimum Gasteiger partial charge on any atom is -0.501 e. The lowest BCUT2D eigenvalue weighted by atomic mass is 10.1. The zero-order valence-electron chi connectivity index (χ0n) is 11.3. The van der Waals surface area contributed by atoms with Crippen molar-refractivity contribution in [1.29, 1.82) is 0 Å². The number of rotatable bonds is 4. The van der Waals surface area contributed by atoms with E-state index in [-0.39, 0.29) is 17.9 Å². The van der Waals surface area contributed by atoms with Gasteiger partial charge in [-0.15, -0.1) is 11.3 Å². The number of aromatic hydroxyl groups is 1. The van der Waals surface area contributed by atoms with E-state index in [0.29, 0.717) is 11.4 Å². The second-order valence-electron chi connectivity index (χ2n) is 4.72. The summed E-state index contributed by atoms with van der Waals surface area (Å²) in [7, 11) is 0. The summed E-state index contributed by atoms with van der Waals surface area (Å²) in [5.74, 6) is -1.40. The molecule has 2 heterocycles. The molecule has 1 N–H and O–H groups in total. The minimum atomic E-state index is -0.656. The average Bonchev–Trinajstić information content (AvgIpc) is 2.98. The van der Waals surface area contributed by atoms with Gasteiger partial charge in [-0.25, -0.2) is 9.37 Å². The lowest BCUT2D eigenvalue weighted by molar-refractivity contribution is 0.0975. The summed E-state index contributed by atoms with van der Waals surface area (Å²) in [6, 6.07) is 5.82. The Labute approximate surface area is 128 Å². The largest absolute Gasteiger partial charge is 0.501 e. The number of aryl methyl sites for hydroxylation is 1. The van der Waals surface area contributed by atoms with Gasteiger partial charge in [-0.3, -0.25) is 14.0 Å². The van der Waals surface area contributed by atoms with E-state index in [1.807, 2.05) is 0 Å². The Hall–Kier alpha value is -2.54. The summed E-state index contributed by atoms with van der Waals surface area (Å²) in [6.45, 7) is 0. The molecule has 3 aromatic rings. The Balaban J connectivity index is 1.84. The van der Waals surface area contributed by atoms with Gasteiger partial charge in [-0.2, -0.15) is 0 Å². The molecule has 0 saturated carbocycles. The Bertz CT molecular complexity index is 899. The molecule has 0 amide bonds. The first kappa shape index (κ1) is 14.4. The molecule has 0 aliphatic carbocycles. The minimum absolute atomic E-state index is 0.0766. The number of benzene rings is 1. The molecular weight excluding hydrogens is 307 g/mol. The molecule has 112 valence electrons. The van der Waals surface area contributed by atoms with Gasteiger partial charge in [0.15, 0.2) is 16.4 Å². The second-order valence-corrected chi connectivity index (χ2v) is 5.59. The molecule has 0 aliphatic heterocycles. The van der Waals surface area contributed by atoms with Gasteiger partial charge < -0.3 is 5.11 Å². The SMILES string of the molecule is O=C(CCc1ccc(F)cc1)c1nc2sccn2c(=O)c1O. The number of thiazole rings is 1. The Morgan fingerprint density at radius 1 is 1.32 bits per heavy atom. The topological polar surface area (TPSA) is 71.7 Å². The second kappa shape index (κ2) is 5.69. The van der Waals surface area contributed by atoms with E-state index in [2.05, 4.69) is 4.98 Å². The van der Waals surface area contributed by atoms with Crippen molar-refractivity contribution in [3.8, 4) is 5.75 Å². The fraction of sp³-hybridized carbons (Fsp3) is 0.133. The molecule has 0 aliphatic rings. The maximum absolute atomic E-state index is 12.8.